The Morgan fingerprint density at radius 3 is 2.80 bits per heavy atom. The number of hydrogen-bond donors (Lipinski definition) is 1. The first-order chi connectivity index (χ1) is 12.2. The molecular weight excluding hydrogens is 312 g/mol. The third-order valence-electron chi connectivity index (χ3n) is 4.36. The van der Waals surface area contributed by atoms with E-state index in [9.17, 15) is 0 Å². The molecule has 0 amide bonds. The van der Waals surface area contributed by atoms with Gasteiger partial charge in [0.05, 0.1) is 0 Å². The van der Waals surface area contributed by atoms with E-state index < -0.39 is 0 Å². The van der Waals surface area contributed by atoms with Crippen molar-refractivity contribution in [3.05, 3.63) is 70.8 Å². The molecule has 0 atom stereocenters. The van der Waals surface area contributed by atoms with Crippen molar-refractivity contribution in [2.75, 3.05) is 20.6 Å². The summed E-state index contributed by atoms with van der Waals surface area (Å²) in [7, 11) is 4.17. The monoisotopic (exact) mass is 336 g/mol. The molecule has 0 saturated heterocycles. The van der Waals surface area contributed by atoms with Gasteiger partial charge in [0, 0.05) is 24.7 Å². The lowest BCUT2D eigenvalue weighted by atomic mass is 9.92. The van der Waals surface area contributed by atoms with Crippen LogP contribution in [0.15, 0.2) is 53.7 Å². The molecule has 0 fully saturated rings. The summed E-state index contributed by atoms with van der Waals surface area (Å²) in [5.74, 6) is 0.900. The van der Waals surface area contributed by atoms with Crippen LogP contribution in [0.2, 0.25) is 0 Å². The molecule has 0 spiro atoms. The van der Waals surface area contributed by atoms with Crippen LogP contribution in [0, 0.1) is 0 Å². The van der Waals surface area contributed by atoms with Gasteiger partial charge in [-0.15, -0.1) is 5.16 Å². The maximum Gasteiger partial charge on any atom is 0.127 e. The van der Waals surface area contributed by atoms with Crippen LogP contribution in [-0.4, -0.2) is 37.0 Å². The second-order valence-corrected chi connectivity index (χ2v) is 6.49. The van der Waals surface area contributed by atoms with Crippen molar-refractivity contribution in [3.8, 4) is 5.75 Å². The van der Waals surface area contributed by atoms with Crippen LogP contribution in [0.3, 0.4) is 0 Å². The van der Waals surface area contributed by atoms with E-state index in [1.807, 2.05) is 12.1 Å². The lowest BCUT2D eigenvalue weighted by Gasteiger charge is -2.13. The van der Waals surface area contributed by atoms with E-state index in [0.29, 0.717) is 13.0 Å². The molecule has 1 aliphatic heterocycles. The molecule has 0 unspecified atom stereocenters. The fraction of sp³-hybridized carbons (Fsp3) is 0.286. The minimum atomic E-state index is 0.575. The van der Waals surface area contributed by atoms with Crippen LogP contribution < -0.4 is 4.74 Å². The van der Waals surface area contributed by atoms with Crippen molar-refractivity contribution in [1.29, 1.82) is 0 Å². The van der Waals surface area contributed by atoms with Crippen molar-refractivity contribution in [2.45, 2.75) is 19.4 Å². The average Bonchev–Trinajstić information content (AvgIpc) is 2.77. The number of hydrogen-bond acceptors (Lipinski definition) is 4. The Balaban J connectivity index is 2.06. The van der Waals surface area contributed by atoms with E-state index in [2.05, 4.69) is 60.6 Å². The summed E-state index contributed by atoms with van der Waals surface area (Å²) >= 11 is 0. The highest BCUT2D eigenvalue weighted by molar-refractivity contribution is 5.85. The molecule has 4 heteroatoms. The highest BCUT2D eigenvalue weighted by Crippen LogP contribution is 2.37. The van der Waals surface area contributed by atoms with Crippen molar-refractivity contribution in [3.63, 3.8) is 0 Å². The smallest absolute Gasteiger partial charge is 0.127 e. The fourth-order valence-corrected chi connectivity index (χ4v) is 3.08. The van der Waals surface area contributed by atoms with E-state index in [1.54, 1.807) is 0 Å². The Hall–Kier alpha value is -2.59. The normalized spacial score (nSPS) is 15.1. The Morgan fingerprint density at radius 2 is 2.00 bits per heavy atom. The zero-order valence-electron chi connectivity index (χ0n) is 14.8. The van der Waals surface area contributed by atoms with E-state index in [0.717, 1.165) is 29.8 Å². The quantitative estimate of drug-likeness (QED) is 0.510. The standard InChI is InChI=1S/C21H24N2O2/c1-23(2)13-5-8-19-18-7-4-3-6-17(18)15-25-21-10-9-16(11-12-22-24)14-20(19)21/h3-4,6-10,12,14,24H,5,11,13,15H2,1-2H3. The largest absolute Gasteiger partial charge is 0.488 e. The van der Waals surface area contributed by atoms with E-state index in [1.165, 1.54) is 22.9 Å². The molecule has 2 aromatic rings. The summed E-state index contributed by atoms with van der Waals surface area (Å²) in [4.78, 5) is 2.19. The zero-order chi connectivity index (χ0) is 17.6. The third kappa shape index (κ3) is 4.09. The summed E-state index contributed by atoms with van der Waals surface area (Å²) in [6.07, 6.45) is 5.37. The summed E-state index contributed by atoms with van der Waals surface area (Å²) in [5, 5.41) is 11.8. The number of rotatable bonds is 5. The highest BCUT2D eigenvalue weighted by Gasteiger charge is 2.19. The fourth-order valence-electron chi connectivity index (χ4n) is 3.08. The second-order valence-electron chi connectivity index (χ2n) is 6.49. The predicted molar refractivity (Wildman–Crippen MR) is 101 cm³/mol. The first-order valence-corrected chi connectivity index (χ1v) is 8.54. The van der Waals surface area contributed by atoms with Gasteiger partial charge in [0.25, 0.3) is 0 Å². The van der Waals surface area contributed by atoms with Crippen molar-refractivity contribution < 1.29 is 9.94 Å². The molecule has 4 nitrogen and oxygen atoms in total. The molecule has 1 aliphatic rings. The number of oxime groups is 1. The molecule has 0 radical (unpaired) electrons. The molecule has 0 aromatic heterocycles. The van der Waals surface area contributed by atoms with Gasteiger partial charge in [0.2, 0.25) is 0 Å². The molecule has 130 valence electrons. The molecule has 1 heterocycles. The molecule has 0 saturated carbocycles. The molecule has 1 N–H and O–H groups in total. The van der Waals surface area contributed by atoms with Crippen LogP contribution in [0.5, 0.6) is 5.75 Å². The molecular formula is C21H24N2O2. The van der Waals surface area contributed by atoms with Crippen molar-refractivity contribution in [2.24, 2.45) is 5.16 Å². The van der Waals surface area contributed by atoms with Crippen LogP contribution >= 0.6 is 0 Å². The molecule has 25 heavy (non-hydrogen) atoms. The van der Waals surface area contributed by atoms with Crippen LogP contribution in [0.1, 0.15) is 28.7 Å². The highest BCUT2D eigenvalue weighted by atomic mass is 16.5. The van der Waals surface area contributed by atoms with Gasteiger partial charge in [0.15, 0.2) is 0 Å². The molecule has 0 aliphatic carbocycles. The van der Waals surface area contributed by atoms with Gasteiger partial charge < -0.3 is 14.8 Å². The lowest BCUT2D eigenvalue weighted by Crippen LogP contribution is -2.12. The van der Waals surface area contributed by atoms with Crippen LogP contribution in [0.25, 0.3) is 5.57 Å². The summed E-state index contributed by atoms with van der Waals surface area (Å²) in [6.45, 7) is 1.57. The van der Waals surface area contributed by atoms with E-state index in [-0.39, 0.29) is 0 Å². The van der Waals surface area contributed by atoms with E-state index in [4.69, 9.17) is 9.94 Å². The van der Waals surface area contributed by atoms with Gasteiger partial charge in [-0.05, 0) is 54.9 Å². The zero-order valence-corrected chi connectivity index (χ0v) is 14.8. The maximum absolute atomic E-state index is 8.69. The summed E-state index contributed by atoms with van der Waals surface area (Å²) in [5.41, 5.74) is 5.85. The summed E-state index contributed by atoms with van der Waals surface area (Å²) < 4.78 is 6.06. The minimum Gasteiger partial charge on any atom is -0.488 e. The maximum atomic E-state index is 8.69. The Morgan fingerprint density at radius 1 is 1.16 bits per heavy atom. The van der Waals surface area contributed by atoms with Crippen molar-refractivity contribution >= 4 is 11.8 Å². The average molecular weight is 336 g/mol. The van der Waals surface area contributed by atoms with Gasteiger partial charge in [0.1, 0.15) is 12.4 Å². The predicted octanol–water partition coefficient (Wildman–Crippen LogP) is 3.96. The topological polar surface area (TPSA) is 45.1 Å². The molecule has 0 bridgehead atoms. The second kappa shape index (κ2) is 7.99. The van der Waals surface area contributed by atoms with Crippen LogP contribution in [-0.2, 0) is 13.0 Å². The number of benzene rings is 2. The SMILES string of the molecule is CN(C)CCC=C1c2ccccc2COc2ccc(CC=NO)cc21. The van der Waals surface area contributed by atoms with Gasteiger partial charge >= 0.3 is 0 Å². The van der Waals surface area contributed by atoms with Crippen LogP contribution in [0.4, 0.5) is 0 Å². The number of nitrogens with zero attached hydrogens (tertiary/aromatic N) is 2. The third-order valence-corrected chi connectivity index (χ3v) is 4.36. The van der Waals surface area contributed by atoms with Gasteiger partial charge in [-0.2, -0.15) is 0 Å². The first kappa shape index (κ1) is 17.2. The van der Waals surface area contributed by atoms with Crippen molar-refractivity contribution in [1.82, 2.24) is 4.90 Å². The Bertz CT molecular complexity index is 794. The van der Waals surface area contributed by atoms with Gasteiger partial charge in [-0.25, -0.2) is 0 Å². The summed E-state index contributed by atoms with van der Waals surface area (Å²) in [6, 6.07) is 14.6. The molecule has 2 aromatic carbocycles. The van der Waals surface area contributed by atoms with Gasteiger partial charge in [-0.3, -0.25) is 0 Å². The molecule has 3 rings (SSSR count). The number of ether oxygens (including phenoxy) is 1. The lowest BCUT2D eigenvalue weighted by molar-refractivity contribution is 0.307. The van der Waals surface area contributed by atoms with Gasteiger partial charge in [-0.1, -0.05) is 36.4 Å². The Kier molecular flexibility index (Phi) is 5.51. The number of fused-ring (bicyclic) bond motifs is 2. The first-order valence-electron chi connectivity index (χ1n) is 8.54. The minimum absolute atomic E-state index is 0.575. The Labute approximate surface area is 149 Å². The van der Waals surface area contributed by atoms with E-state index >= 15 is 0 Å².